The molecule has 1 fully saturated rings. The first-order valence-corrected chi connectivity index (χ1v) is 9.45. The number of rotatable bonds is 6. The highest BCUT2D eigenvalue weighted by Crippen LogP contribution is 2.20. The van der Waals surface area contributed by atoms with Gasteiger partial charge in [-0.05, 0) is 51.5 Å². The molecule has 23 heavy (non-hydrogen) atoms. The molecule has 5 heteroatoms. The first kappa shape index (κ1) is 18.1. The first-order chi connectivity index (χ1) is 10.9. The summed E-state index contributed by atoms with van der Waals surface area (Å²) in [7, 11) is 0. The molecule has 0 bridgehead atoms. The Morgan fingerprint density at radius 2 is 2.09 bits per heavy atom. The highest BCUT2D eigenvalue weighted by Gasteiger charge is 2.21. The summed E-state index contributed by atoms with van der Waals surface area (Å²) < 4.78 is 5.40. The molecule has 1 heterocycles. The lowest BCUT2D eigenvalue weighted by Gasteiger charge is -2.24. The highest BCUT2D eigenvalue weighted by molar-refractivity contribution is 7.99. The van der Waals surface area contributed by atoms with Gasteiger partial charge in [-0.2, -0.15) is 11.8 Å². The molecule has 0 radical (unpaired) electrons. The average Bonchev–Trinajstić information content (AvgIpc) is 2.98. The number of hydrogen-bond donors (Lipinski definition) is 2. The van der Waals surface area contributed by atoms with Crippen LogP contribution in [0, 0.1) is 0 Å². The fourth-order valence-corrected chi connectivity index (χ4v) is 3.77. The van der Waals surface area contributed by atoms with Gasteiger partial charge in [-0.3, -0.25) is 0 Å². The van der Waals surface area contributed by atoms with Gasteiger partial charge >= 0.3 is 6.09 Å². The van der Waals surface area contributed by atoms with E-state index in [0.717, 1.165) is 18.5 Å². The summed E-state index contributed by atoms with van der Waals surface area (Å²) in [6.45, 7) is 6.52. The number of alkyl carbamates (subject to hydrolysis) is 1. The zero-order chi connectivity index (χ0) is 16.7. The Balaban J connectivity index is 1.90. The van der Waals surface area contributed by atoms with E-state index in [4.69, 9.17) is 4.74 Å². The molecule has 1 amide bonds. The van der Waals surface area contributed by atoms with E-state index < -0.39 is 5.60 Å². The lowest BCUT2D eigenvalue weighted by atomic mass is 10.0. The lowest BCUT2D eigenvalue weighted by Crippen LogP contribution is -2.37. The molecule has 1 aliphatic rings. The standard InChI is InChI=1S/C18H28N2O2S/c1-18(2,3)22-17(21)20-16(14-7-5-4-6-8-14)9-11-19-15-10-12-23-13-15/h4-8,15-16,19H,9-13H2,1-3H3,(H,20,21). The van der Waals surface area contributed by atoms with Crippen LogP contribution in [0.4, 0.5) is 4.79 Å². The van der Waals surface area contributed by atoms with E-state index in [2.05, 4.69) is 10.6 Å². The summed E-state index contributed by atoms with van der Waals surface area (Å²) in [4.78, 5) is 12.1. The van der Waals surface area contributed by atoms with Crippen LogP contribution in [-0.4, -0.2) is 35.8 Å². The molecule has 1 saturated heterocycles. The van der Waals surface area contributed by atoms with Crippen molar-refractivity contribution in [1.29, 1.82) is 0 Å². The van der Waals surface area contributed by atoms with Crippen LogP contribution >= 0.6 is 11.8 Å². The van der Waals surface area contributed by atoms with E-state index in [9.17, 15) is 4.79 Å². The predicted molar refractivity (Wildman–Crippen MR) is 96.9 cm³/mol. The minimum atomic E-state index is -0.482. The molecule has 1 aromatic rings. The van der Waals surface area contributed by atoms with Crippen LogP contribution in [0.15, 0.2) is 30.3 Å². The molecular weight excluding hydrogens is 308 g/mol. The van der Waals surface area contributed by atoms with Gasteiger partial charge in [0.05, 0.1) is 6.04 Å². The van der Waals surface area contributed by atoms with Gasteiger partial charge in [-0.1, -0.05) is 30.3 Å². The SMILES string of the molecule is CC(C)(C)OC(=O)NC(CCNC1CCSC1)c1ccccc1. The summed E-state index contributed by atoms with van der Waals surface area (Å²) in [5.74, 6) is 2.44. The largest absolute Gasteiger partial charge is 0.444 e. The molecule has 2 atom stereocenters. The molecule has 2 unspecified atom stereocenters. The summed E-state index contributed by atoms with van der Waals surface area (Å²) in [6, 6.07) is 10.7. The maximum absolute atomic E-state index is 12.1. The van der Waals surface area contributed by atoms with Crippen molar-refractivity contribution < 1.29 is 9.53 Å². The monoisotopic (exact) mass is 336 g/mol. The Bertz CT molecular complexity index is 482. The van der Waals surface area contributed by atoms with Gasteiger partial charge in [-0.15, -0.1) is 0 Å². The Morgan fingerprint density at radius 1 is 1.35 bits per heavy atom. The maximum atomic E-state index is 12.1. The number of carbonyl (C=O) groups excluding carboxylic acids is 1. The third kappa shape index (κ3) is 6.83. The van der Waals surface area contributed by atoms with Gasteiger partial charge in [0.2, 0.25) is 0 Å². The second-order valence-corrected chi connectivity index (χ2v) is 8.06. The fraction of sp³-hybridized carbons (Fsp3) is 0.611. The van der Waals surface area contributed by atoms with Gasteiger partial charge in [-0.25, -0.2) is 4.79 Å². The van der Waals surface area contributed by atoms with Crippen LogP contribution in [0.3, 0.4) is 0 Å². The predicted octanol–water partition coefficient (Wildman–Crippen LogP) is 3.74. The third-order valence-corrected chi connectivity index (χ3v) is 4.85. The second-order valence-electron chi connectivity index (χ2n) is 6.91. The Morgan fingerprint density at radius 3 is 2.70 bits per heavy atom. The van der Waals surface area contributed by atoms with Crippen molar-refractivity contribution in [2.45, 2.75) is 51.3 Å². The minimum Gasteiger partial charge on any atom is -0.444 e. The first-order valence-electron chi connectivity index (χ1n) is 8.29. The second kappa shape index (κ2) is 8.60. The summed E-state index contributed by atoms with van der Waals surface area (Å²) in [5, 5.41) is 6.60. The molecule has 4 nitrogen and oxygen atoms in total. The van der Waals surface area contributed by atoms with Crippen LogP contribution in [0.25, 0.3) is 0 Å². The van der Waals surface area contributed by atoms with E-state index in [-0.39, 0.29) is 12.1 Å². The molecule has 0 aliphatic carbocycles. The summed E-state index contributed by atoms with van der Waals surface area (Å²) in [5.41, 5.74) is 0.630. The number of amides is 1. The summed E-state index contributed by atoms with van der Waals surface area (Å²) >= 11 is 2.00. The maximum Gasteiger partial charge on any atom is 0.408 e. The van der Waals surface area contributed by atoms with Crippen LogP contribution in [-0.2, 0) is 4.74 Å². The van der Waals surface area contributed by atoms with Crippen molar-refractivity contribution >= 4 is 17.9 Å². The quantitative estimate of drug-likeness (QED) is 0.831. The molecule has 1 aliphatic heterocycles. The van der Waals surface area contributed by atoms with E-state index in [1.807, 2.05) is 62.9 Å². The molecule has 2 rings (SSSR count). The molecule has 0 spiro atoms. The van der Waals surface area contributed by atoms with Gasteiger partial charge in [0.15, 0.2) is 0 Å². The molecule has 128 valence electrons. The Hall–Kier alpha value is -1.20. The number of nitrogens with one attached hydrogen (secondary N) is 2. The Kier molecular flexibility index (Phi) is 6.78. The van der Waals surface area contributed by atoms with Crippen molar-refractivity contribution in [3.05, 3.63) is 35.9 Å². The van der Waals surface area contributed by atoms with Crippen molar-refractivity contribution in [2.24, 2.45) is 0 Å². The zero-order valence-corrected chi connectivity index (χ0v) is 15.1. The average molecular weight is 337 g/mol. The number of benzene rings is 1. The van der Waals surface area contributed by atoms with Crippen LogP contribution in [0.2, 0.25) is 0 Å². The van der Waals surface area contributed by atoms with Crippen molar-refractivity contribution in [1.82, 2.24) is 10.6 Å². The third-order valence-electron chi connectivity index (χ3n) is 3.69. The van der Waals surface area contributed by atoms with E-state index in [1.54, 1.807) is 0 Å². The van der Waals surface area contributed by atoms with Gasteiger partial charge in [0.1, 0.15) is 5.60 Å². The minimum absolute atomic E-state index is 0.0346. The number of hydrogen-bond acceptors (Lipinski definition) is 4. The van der Waals surface area contributed by atoms with E-state index in [0.29, 0.717) is 6.04 Å². The van der Waals surface area contributed by atoms with Crippen LogP contribution < -0.4 is 10.6 Å². The number of carbonyl (C=O) groups is 1. The molecular formula is C18H28N2O2S. The Labute approximate surface area is 143 Å². The van der Waals surface area contributed by atoms with Crippen molar-refractivity contribution in [2.75, 3.05) is 18.1 Å². The summed E-state index contributed by atoms with van der Waals surface area (Å²) in [6.07, 6.45) is 1.73. The lowest BCUT2D eigenvalue weighted by molar-refractivity contribution is 0.0501. The molecule has 1 aromatic carbocycles. The van der Waals surface area contributed by atoms with Crippen molar-refractivity contribution in [3.63, 3.8) is 0 Å². The zero-order valence-electron chi connectivity index (χ0n) is 14.3. The van der Waals surface area contributed by atoms with E-state index in [1.165, 1.54) is 17.9 Å². The molecule has 0 saturated carbocycles. The van der Waals surface area contributed by atoms with E-state index >= 15 is 0 Å². The smallest absolute Gasteiger partial charge is 0.408 e. The molecule has 2 N–H and O–H groups in total. The highest BCUT2D eigenvalue weighted by atomic mass is 32.2. The van der Waals surface area contributed by atoms with Gasteiger partial charge in [0, 0.05) is 11.8 Å². The molecule has 0 aromatic heterocycles. The fourth-order valence-electron chi connectivity index (χ4n) is 2.58. The van der Waals surface area contributed by atoms with Gasteiger partial charge < -0.3 is 15.4 Å². The number of ether oxygens (including phenoxy) is 1. The normalized spacial score (nSPS) is 19.3. The number of thioether (sulfide) groups is 1. The topological polar surface area (TPSA) is 50.4 Å². The van der Waals surface area contributed by atoms with Crippen molar-refractivity contribution in [3.8, 4) is 0 Å². The van der Waals surface area contributed by atoms with Gasteiger partial charge in [0.25, 0.3) is 0 Å². The van der Waals surface area contributed by atoms with Crippen LogP contribution in [0.5, 0.6) is 0 Å². The van der Waals surface area contributed by atoms with Crippen LogP contribution in [0.1, 0.15) is 45.2 Å².